The zero-order valence-electron chi connectivity index (χ0n) is 16.6. The van der Waals surface area contributed by atoms with E-state index in [1.54, 1.807) is 37.1 Å². The number of esters is 1. The number of likely N-dealkylation sites (N-methyl/N-ethyl adjacent to an activating group) is 1. The molecule has 1 aromatic rings. The van der Waals surface area contributed by atoms with E-state index in [9.17, 15) is 14.4 Å². The number of halogens is 1. The molecular weight excluding hydrogens is 384 g/mol. The topological polar surface area (TPSA) is 76.2 Å². The molecule has 0 saturated carbocycles. The predicted molar refractivity (Wildman–Crippen MR) is 105 cm³/mol. The van der Waals surface area contributed by atoms with Crippen LogP contribution in [0.15, 0.2) is 18.2 Å². The summed E-state index contributed by atoms with van der Waals surface area (Å²) >= 11 is 5.91. The van der Waals surface area contributed by atoms with Gasteiger partial charge >= 0.3 is 5.97 Å². The van der Waals surface area contributed by atoms with Crippen molar-refractivity contribution in [1.29, 1.82) is 0 Å². The smallest absolute Gasteiger partial charge is 0.310 e. The van der Waals surface area contributed by atoms with Gasteiger partial charge in [-0.2, -0.15) is 0 Å². The summed E-state index contributed by atoms with van der Waals surface area (Å²) in [4.78, 5) is 39.7. The molecule has 1 aliphatic heterocycles. The average Bonchev–Trinajstić information content (AvgIpc) is 2.67. The van der Waals surface area contributed by atoms with Crippen molar-refractivity contribution in [2.45, 2.75) is 26.7 Å². The molecule has 2 rings (SSSR count). The zero-order valence-corrected chi connectivity index (χ0v) is 17.3. The Morgan fingerprint density at radius 2 is 2.07 bits per heavy atom. The first-order chi connectivity index (χ1) is 13.3. The van der Waals surface area contributed by atoms with Crippen molar-refractivity contribution in [3.05, 3.63) is 28.8 Å². The molecule has 0 aromatic heterocycles. The summed E-state index contributed by atoms with van der Waals surface area (Å²) in [6.45, 7) is 4.62. The molecule has 0 N–H and O–H groups in total. The average molecular weight is 411 g/mol. The van der Waals surface area contributed by atoms with E-state index in [0.29, 0.717) is 36.9 Å². The molecule has 0 aliphatic carbocycles. The first-order valence-electron chi connectivity index (χ1n) is 9.39. The van der Waals surface area contributed by atoms with Gasteiger partial charge in [0.25, 0.3) is 5.91 Å². The molecule has 1 saturated heterocycles. The van der Waals surface area contributed by atoms with Crippen molar-refractivity contribution in [2.24, 2.45) is 5.92 Å². The number of benzene rings is 1. The van der Waals surface area contributed by atoms with Crippen molar-refractivity contribution in [3.8, 4) is 5.75 Å². The van der Waals surface area contributed by atoms with Crippen LogP contribution < -0.4 is 4.74 Å². The van der Waals surface area contributed by atoms with Crippen LogP contribution in [0.2, 0.25) is 5.02 Å². The lowest BCUT2D eigenvalue weighted by atomic mass is 9.98. The largest absolute Gasteiger partial charge is 0.483 e. The molecule has 1 heterocycles. The lowest BCUT2D eigenvalue weighted by Crippen LogP contribution is -2.47. The van der Waals surface area contributed by atoms with Gasteiger partial charge in [-0.3, -0.25) is 14.4 Å². The molecule has 2 amide bonds. The van der Waals surface area contributed by atoms with Gasteiger partial charge in [-0.1, -0.05) is 11.6 Å². The third-order valence-electron chi connectivity index (χ3n) is 4.68. The summed E-state index contributed by atoms with van der Waals surface area (Å²) in [6, 6.07) is 5.15. The van der Waals surface area contributed by atoms with Crippen molar-refractivity contribution in [2.75, 3.05) is 39.9 Å². The van der Waals surface area contributed by atoms with Crippen LogP contribution in [0, 0.1) is 12.8 Å². The van der Waals surface area contributed by atoms with Crippen molar-refractivity contribution in [3.63, 3.8) is 0 Å². The van der Waals surface area contributed by atoms with E-state index in [1.807, 2.05) is 6.92 Å². The minimum Gasteiger partial charge on any atom is -0.483 e. The van der Waals surface area contributed by atoms with E-state index in [4.69, 9.17) is 21.1 Å². The van der Waals surface area contributed by atoms with Gasteiger partial charge in [0.2, 0.25) is 5.91 Å². The fraction of sp³-hybridized carbons (Fsp3) is 0.550. The normalized spacial score (nSPS) is 16.4. The van der Waals surface area contributed by atoms with Gasteiger partial charge in [0.05, 0.1) is 19.1 Å². The first-order valence-corrected chi connectivity index (χ1v) is 9.77. The van der Waals surface area contributed by atoms with E-state index in [0.717, 1.165) is 12.0 Å². The van der Waals surface area contributed by atoms with Crippen molar-refractivity contribution < 1.29 is 23.9 Å². The summed E-state index contributed by atoms with van der Waals surface area (Å²) in [6.07, 6.45) is 1.46. The molecule has 1 fully saturated rings. The SMILES string of the molecule is CCOC(=O)C1CCCN(C(=O)CN(C)C(=O)COc2ccc(Cl)cc2C)C1. The zero-order chi connectivity index (χ0) is 20.7. The van der Waals surface area contributed by atoms with Crippen LogP contribution in [-0.2, 0) is 19.1 Å². The molecule has 7 nitrogen and oxygen atoms in total. The number of rotatable bonds is 7. The number of carbonyl (C=O) groups is 3. The van der Waals surface area contributed by atoms with E-state index in [1.165, 1.54) is 4.90 Å². The number of ether oxygens (including phenoxy) is 2. The first kappa shape index (κ1) is 22.0. The fourth-order valence-corrected chi connectivity index (χ4v) is 3.30. The maximum absolute atomic E-state index is 12.5. The van der Waals surface area contributed by atoms with Crippen LogP contribution in [0.1, 0.15) is 25.3 Å². The van der Waals surface area contributed by atoms with E-state index in [-0.39, 0.29) is 36.9 Å². The van der Waals surface area contributed by atoms with Crippen LogP contribution in [0.3, 0.4) is 0 Å². The minimum atomic E-state index is -0.304. The number of aryl methyl sites for hydroxylation is 1. The maximum Gasteiger partial charge on any atom is 0.310 e. The molecule has 0 bridgehead atoms. The molecule has 28 heavy (non-hydrogen) atoms. The van der Waals surface area contributed by atoms with Gasteiger partial charge in [0, 0.05) is 25.2 Å². The number of carbonyl (C=O) groups excluding carboxylic acids is 3. The Morgan fingerprint density at radius 3 is 2.75 bits per heavy atom. The number of likely N-dealkylation sites (tertiary alicyclic amines) is 1. The molecular formula is C20H27ClN2O5. The second-order valence-corrected chi connectivity index (χ2v) is 7.32. The van der Waals surface area contributed by atoms with Gasteiger partial charge in [0.15, 0.2) is 6.61 Å². The van der Waals surface area contributed by atoms with E-state index < -0.39 is 0 Å². The van der Waals surface area contributed by atoms with Crippen LogP contribution in [0.5, 0.6) is 5.75 Å². The molecule has 8 heteroatoms. The Hall–Kier alpha value is -2.28. The molecule has 1 atom stereocenters. The van der Waals surface area contributed by atoms with E-state index in [2.05, 4.69) is 0 Å². The van der Waals surface area contributed by atoms with Crippen molar-refractivity contribution >= 4 is 29.4 Å². The summed E-state index contributed by atoms with van der Waals surface area (Å²) in [5.41, 5.74) is 0.831. The van der Waals surface area contributed by atoms with Gasteiger partial charge in [0.1, 0.15) is 5.75 Å². The number of hydrogen-bond donors (Lipinski definition) is 0. The maximum atomic E-state index is 12.5. The molecule has 1 aromatic carbocycles. The highest BCUT2D eigenvalue weighted by molar-refractivity contribution is 6.30. The van der Waals surface area contributed by atoms with Gasteiger partial charge < -0.3 is 19.3 Å². The Labute approximate surface area is 170 Å². The Bertz CT molecular complexity index is 725. The van der Waals surface area contributed by atoms with Crippen molar-refractivity contribution in [1.82, 2.24) is 9.80 Å². The number of nitrogens with zero attached hydrogens (tertiary/aromatic N) is 2. The molecule has 154 valence electrons. The Kier molecular flexibility index (Phi) is 8.11. The fourth-order valence-electron chi connectivity index (χ4n) is 3.07. The highest BCUT2D eigenvalue weighted by atomic mass is 35.5. The third kappa shape index (κ3) is 6.12. The lowest BCUT2D eigenvalue weighted by molar-refractivity contribution is -0.152. The second kappa shape index (κ2) is 10.3. The molecule has 0 radical (unpaired) electrons. The van der Waals surface area contributed by atoms with Crippen LogP contribution in [0.4, 0.5) is 0 Å². The Morgan fingerprint density at radius 1 is 1.32 bits per heavy atom. The van der Waals surface area contributed by atoms with Crippen LogP contribution in [0.25, 0.3) is 0 Å². The van der Waals surface area contributed by atoms with Crippen LogP contribution >= 0.6 is 11.6 Å². The quantitative estimate of drug-likeness (QED) is 0.644. The van der Waals surface area contributed by atoms with Crippen LogP contribution in [-0.4, -0.2) is 67.5 Å². The van der Waals surface area contributed by atoms with Gasteiger partial charge in [-0.25, -0.2) is 0 Å². The Balaban J connectivity index is 1.83. The molecule has 0 spiro atoms. The summed E-state index contributed by atoms with van der Waals surface area (Å²) in [5, 5.41) is 0.599. The highest BCUT2D eigenvalue weighted by Gasteiger charge is 2.30. The summed E-state index contributed by atoms with van der Waals surface area (Å²) in [5.74, 6) is -0.481. The summed E-state index contributed by atoms with van der Waals surface area (Å²) in [7, 11) is 1.56. The van der Waals surface area contributed by atoms with Gasteiger partial charge in [-0.05, 0) is 50.5 Å². The van der Waals surface area contributed by atoms with Gasteiger partial charge in [-0.15, -0.1) is 0 Å². The predicted octanol–water partition coefficient (Wildman–Crippen LogP) is 2.29. The number of hydrogen-bond acceptors (Lipinski definition) is 5. The molecule has 1 unspecified atom stereocenters. The lowest BCUT2D eigenvalue weighted by Gasteiger charge is -2.32. The minimum absolute atomic E-state index is 0.0582. The standard InChI is InChI=1S/C20H27ClN2O5/c1-4-27-20(26)15-6-5-9-23(11-15)18(24)12-22(3)19(25)13-28-17-8-7-16(21)10-14(17)2/h7-8,10,15H,4-6,9,11-13H2,1-3H3. The molecule has 1 aliphatic rings. The third-order valence-corrected chi connectivity index (χ3v) is 4.92. The highest BCUT2D eigenvalue weighted by Crippen LogP contribution is 2.22. The number of piperidine rings is 1. The second-order valence-electron chi connectivity index (χ2n) is 6.88. The summed E-state index contributed by atoms with van der Waals surface area (Å²) < 4.78 is 10.6. The van der Waals surface area contributed by atoms with E-state index >= 15 is 0 Å². The monoisotopic (exact) mass is 410 g/mol. The number of amides is 2.